The van der Waals surface area contributed by atoms with Crippen LogP contribution < -0.4 is 11.1 Å². The van der Waals surface area contributed by atoms with Gasteiger partial charge in [-0.2, -0.15) is 0 Å². The number of hydrogen-bond donors (Lipinski definition) is 2. The molecule has 1 aromatic rings. The fraction of sp³-hybridized carbons (Fsp3) is 0.500. The van der Waals surface area contributed by atoms with E-state index >= 15 is 0 Å². The standard InChI is InChI=1S/C10H16N2O2/c1-2-12-10(13)9(6-11)5-8-3-4-14-7-8/h3-4,7,9H,2,5-6,11H2,1H3,(H,12,13). The Morgan fingerprint density at radius 2 is 2.50 bits per heavy atom. The summed E-state index contributed by atoms with van der Waals surface area (Å²) in [6, 6.07) is 1.85. The molecule has 0 bridgehead atoms. The molecule has 1 rings (SSSR count). The van der Waals surface area contributed by atoms with Gasteiger partial charge in [0.15, 0.2) is 0 Å². The summed E-state index contributed by atoms with van der Waals surface area (Å²) in [7, 11) is 0. The predicted octanol–water partition coefficient (Wildman–Crippen LogP) is 0.533. The summed E-state index contributed by atoms with van der Waals surface area (Å²) >= 11 is 0. The van der Waals surface area contributed by atoms with Gasteiger partial charge in [-0.15, -0.1) is 0 Å². The van der Waals surface area contributed by atoms with Crippen LogP contribution in [-0.2, 0) is 11.2 Å². The number of carbonyl (C=O) groups excluding carboxylic acids is 1. The minimum atomic E-state index is -0.160. The van der Waals surface area contributed by atoms with Gasteiger partial charge in [-0.25, -0.2) is 0 Å². The number of rotatable bonds is 5. The highest BCUT2D eigenvalue weighted by Crippen LogP contribution is 2.08. The molecular weight excluding hydrogens is 180 g/mol. The monoisotopic (exact) mass is 196 g/mol. The Morgan fingerprint density at radius 3 is 3.00 bits per heavy atom. The van der Waals surface area contributed by atoms with E-state index in [2.05, 4.69) is 5.32 Å². The van der Waals surface area contributed by atoms with Crippen LogP contribution in [0.25, 0.3) is 0 Å². The minimum absolute atomic E-state index is 0.0104. The second kappa shape index (κ2) is 5.44. The number of furan rings is 1. The number of hydrogen-bond acceptors (Lipinski definition) is 3. The van der Waals surface area contributed by atoms with Gasteiger partial charge in [0.05, 0.1) is 18.4 Å². The van der Waals surface area contributed by atoms with Crippen LogP contribution in [0.4, 0.5) is 0 Å². The first-order valence-electron chi connectivity index (χ1n) is 4.76. The third kappa shape index (κ3) is 2.88. The number of carbonyl (C=O) groups is 1. The minimum Gasteiger partial charge on any atom is -0.472 e. The lowest BCUT2D eigenvalue weighted by Gasteiger charge is -2.12. The van der Waals surface area contributed by atoms with Crippen molar-refractivity contribution in [2.24, 2.45) is 11.7 Å². The maximum absolute atomic E-state index is 11.5. The van der Waals surface area contributed by atoms with Gasteiger partial charge in [-0.1, -0.05) is 0 Å². The van der Waals surface area contributed by atoms with Crippen molar-refractivity contribution in [3.8, 4) is 0 Å². The molecule has 4 heteroatoms. The summed E-state index contributed by atoms with van der Waals surface area (Å²) in [5.74, 6) is -0.149. The molecule has 0 spiro atoms. The van der Waals surface area contributed by atoms with Gasteiger partial charge < -0.3 is 15.5 Å². The van der Waals surface area contributed by atoms with Crippen LogP contribution in [0, 0.1) is 5.92 Å². The van der Waals surface area contributed by atoms with E-state index in [1.807, 2.05) is 13.0 Å². The molecule has 0 aliphatic rings. The first-order valence-corrected chi connectivity index (χ1v) is 4.76. The predicted molar refractivity (Wildman–Crippen MR) is 53.6 cm³/mol. The van der Waals surface area contributed by atoms with Crippen LogP contribution in [0.15, 0.2) is 23.0 Å². The van der Waals surface area contributed by atoms with Crippen LogP contribution in [0.3, 0.4) is 0 Å². The lowest BCUT2D eigenvalue weighted by molar-refractivity contribution is -0.124. The molecule has 1 atom stereocenters. The lowest BCUT2D eigenvalue weighted by Crippen LogP contribution is -2.36. The zero-order chi connectivity index (χ0) is 10.4. The van der Waals surface area contributed by atoms with Gasteiger partial charge in [0.1, 0.15) is 0 Å². The largest absolute Gasteiger partial charge is 0.472 e. The average Bonchev–Trinajstić information content (AvgIpc) is 2.66. The quantitative estimate of drug-likeness (QED) is 0.722. The van der Waals surface area contributed by atoms with Crippen LogP contribution in [-0.4, -0.2) is 19.0 Å². The first-order chi connectivity index (χ1) is 6.77. The van der Waals surface area contributed by atoms with Crippen LogP contribution in [0.2, 0.25) is 0 Å². The van der Waals surface area contributed by atoms with E-state index in [-0.39, 0.29) is 11.8 Å². The van der Waals surface area contributed by atoms with Gasteiger partial charge in [-0.05, 0) is 25.0 Å². The van der Waals surface area contributed by atoms with E-state index in [1.54, 1.807) is 12.5 Å². The zero-order valence-corrected chi connectivity index (χ0v) is 8.32. The Hall–Kier alpha value is -1.29. The van der Waals surface area contributed by atoms with E-state index in [0.29, 0.717) is 19.5 Å². The molecule has 0 aliphatic carbocycles. The van der Waals surface area contributed by atoms with Crippen molar-refractivity contribution in [2.45, 2.75) is 13.3 Å². The molecule has 0 saturated carbocycles. The van der Waals surface area contributed by atoms with Crippen molar-refractivity contribution in [1.82, 2.24) is 5.32 Å². The van der Waals surface area contributed by atoms with Crippen LogP contribution in [0.5, 0.6) is 0 Å². The fourth-order valence-corrected chi connectivity index (χ4v) is 1.29. The van der Waals surface area contributed by atoms with Gasteiger partial charge in [0.2, 0.25) is 5.91 Å². The van der Waals surface area contributed by atoms with Crippen molar-refractivity contribution in [2.75, 3.05) is 13.1 Å². The maximum atomic E-state index is 11.5. The Bertz CT molecular complexity index is 270. The molecule has 0 fully saturated rings. The Balaban J connectivity index is 2.50. The van der Waals surface area contributed by atoms with Gasteiger partial charge in [0.25, 0.3) is 0 Å². The van der Waals surface area contributed by atoms with E-state index in [1.165, 1.54) is 0 Å². The summed E-state index contributed by atoms with van der Waals surface area (Å²) in [5.41, 5.74) is 6.54. The summed E-state index contributed by atoms with van der Waals surface area (Å²) < 4.78 is 4.93. The van der Waals surface area contributed by atoms with Gasteiger partial charge in [-0.3, -0.25) is 4.79 Å². The molecule has 4 nitrogen and oxygen atoms in total. The summed E-state index contributed by atoms with van der Waals surface area (Å²) in [4.78, 5) is 11.5. The second-order valence-corrected chi connectivity index (χ2v) is 3.16. The number of amides is 1. The molecule has 1 amide bonds. The normalized spacial score (nSPS) is 12.4. The van der Waals surface area contributed by atoms with E-state index in [9.17, 15) is 4.79 Å². The van der Waals surface area contributed by atoms with Crippen molar-refractivity contribution >= 4 is 5.91 Å². The van der Waals surface area contributed by atoms with E-state index in [4.69, 9.17) is 10.2 Å². The molecule has 78 valence electrons. The molecular formula is C10H16N2O2. The molecule has 14 heavy (non-hydrogen) atoms. The highest BCUT2D eigenvalue weighted by molar-refractivity contribution is 5.79. The third-order valence-electron chi connectivity index (χ3n) is 2.07. The summed E-state index contributed by atoms with van der Waals surface area (Å²) in [6.45, 7) is 2.89. The van der Waals surface area contributed by atoms with Crippen LogP contribution >= 0.6 is 0 Å². The maximum Gasteiger partial charge on any atom is 0.224 e. The SMILES string of the molecule is CCNC(=O)C(CN)Cc1ccoc1. The summed E-state index contributed by atoms with van der Waals surface area (Å²) in [6.07, 6.45) is 3.88. The van der Waals surface area contributed by atoms with Gasteiger partial charge in [0, 0.05) is 13.1 Å². The van der Waals surface area contributed by atoms with Crippen LogP contribution in [0.1, 0.15) is 12.5 Å². The van der Waals surface area contributed by atoms with E-state index < -0.39 is 0 Å². The Kier molecular flexibility index (Phi) is 4.19. The highest BCUT2D eigenvalue weighted by Gasteiger charge is 2.16. The average molecular weight is 196 g/mol. The molecule has 3 N–H and O–H groups in total. The first kappa shape index (κ1) is 10.8. The molecule has 1 aromatic heterocycles. The second-order valence-electron chi connectivity index (χ2n) is 3.16. The topological polar surface area (TPSA) is 68.3 Å². The Morgan fingerprint density at radius 1 is 1.71 bits per heavy atom. The third-order valence-corrected chi connectivity index (χ3v) is 2.07. The fourth-order valence-electron chi connectivity index (χ4n) is 1.29. The zero-order valence-electron chi connectivity index (χ0n) is 8.32. The van der Waals surface area contributed by atoms with Crippen molar-refractivity contribution in [1.29, 1.82) is 0 Å². The molecule has 1 unspecified atom stereocenters. The lowest BCUT2D eigenvalue weighted by atomic mass is 10.0. The van der Waals surface area contributed by atoms with Crippen molar-refractivity contribution < 1.29 is 9.21 Å². The molecule has 0 saturated heterocycles. The van der Waals surface area contributed by atoms with E-state index in [0.717, 1.165) is 5.56 Å². The molecule has 0 aromatic carbocycles. The number of nitrogens with two attached hydrogens (primary N) is 1. The number of nitrogens with one attached hydrogen (secondary N) is 1. The van der Waals surface area contributed by atoms with Gasteiger partial charge >= 0.3 is 0 Å². The Labute approximate surface area is 83.5 Å². The highest BCUT2D eigenvalue weighted by atomic mass is 16.3. The summed E-state index contributed by atoms with van der Waals surface area (Å²) in [5, 5.41) is 2.76. The smallest absolute Gasteiger partial charge is 0.224 e. The molecule has 0 radical (unpaired) electrons. The molecule has 1 heterocycles. The molecule has 0 aliphatic heterocycles. The van der Waals surface area contributed by atoms with Crippen molar-refractivity contribution in [3.05, 3.63) is 24.2 Å². The van der Waals surface area contributed by atoms with Crippen molar-refractivity contribution in [3.63, 3.8) is 0 Å².